The van der Waals surface area contributed by atoms with E-state index in [9.17, 15) is 9.90 Å². The monoisotopic (exact) mass is 168 g/mol. The summed E-state index contributed by atoms with van der Waals surface area (Å²) in [5, 5.41) is 10.5. The first-order valence-electron chi connectivity index (χ1n) is 3.42. The molecule has 5 heteroatoms. The first kappa shape index (κ1) is 9.84. The van der Waals surface area contributed by atoms with Crippen LogP contribution in [-0.2, 0) is 0 Å². The number of carboxylic acids is 1. The molecule has 0 aliphatic carbocycles. The summed E-state index contributed by atoms with van der Waals surface area (Å²) in [6, 6.07) is 3.20. The summed E-state index contributed by atoms with van der Waals surface area (Å²) in [6.45, 7) is 0. The molecule has 0 amide bonds. The van der Waals surface area contributed by atoms with Crippen molar-refractivity contribution in [1.82, 2.24) is 9.38 Å². The third kappa shape index (κ3) is 1.59. The van der Waals surface area contributed by atoms with Crippen LogP contribution in [0.15, 0.2) is 30.7 Å². The van der Waals surface area contributed by atoms with Gasteiger partial charge in [-0.1, -0.05) is 0 Å². The summed E-state index contributed by atoms with van der Waals surface area (Å²) < 4.78 is 1.63. The van der Waals surface area contributed by atoms with Crippen molar-refractivity contribution in [1.29, 1.82) is 0 Å². The maximum absolute atomic E-state index is 10.5. The normalized spacial score (nSPS) is 9.54. The van der Waals surface area contributed by atoms with Gasteiger partial charge in [0, 0.05) is 24.2 Å². The molecule has 0 spiro atoms. The molecule has 2 aromatic heterocycles. The van der Waals surface area contributed by atoms with Gasteiger partial charge in [-0.25, -0.2) is 4.98 Å². The molecule has 0 unspecified atom stereocenters. The number of aromatic carboxylic acids is 1. The number of carbonyl (C=O) groups is 1. The smallest absolute Gasteiger partial charge is 0.545 e. The number of carbonyl (C=O) groups excluding carboxylic acids is 1. The van der Waals surface area contributed by atoms with E-state index in [0.29, 0.717) is 5.65 Å². The van der Waals surface area contributed by atoms with Crippen LogP contribution in [0.2, 0.25) is 0 Å². The van der Waals surface area contributed by atoms with Crippen LogP contribution in [0.4, 0.5) is 0 Å². The van der Waals surface area contributed by atoms with Crippen LogP contribution in [0.5, 0.6) is 0 Å². The van der Waals surface area contributed by atoms with E-state index in [1.807, 2.05) is 0 Å². The Kier molecular flexibility index (Phi) is 2.76. The average molecular weight is 168 g/mol. The standard InChI is InChI=1S/C8H6N2O2.Li/c11-8(12)6-2-5-10-4-1-3-9-7(6)10;/h1-5H,(H,11,12);/q;+1/p-1. The van der Waals surface area contributed by atoms with Gasteiger partial charge in [-0.2, -0.15) is 0 Å². The number of rotatable bonds is 1. The van der Waals surface area contributed by atoms with Gasteiger partial charge < -0.3 is 14.3 Å². The summed E-state index contributed by atoms with van der Waals surface area (Å²) in [6.07, 6.45) is 4.91. The predicted octanol–water partition coefficient (Wildman–Crippen LogP) is -3.30. The van der Waals surface area contributed by atoms with Crippen molar-refractivity contribution in [2.75, 3.05) is 0 Å². The fourth-order valence-electron chi connectivity index (χ4n) is 1.10. The molecule has 0 bridgehead atoms. The van der Waals surface area contributed by atoms with Crippen molar-refractivity contribution in [3.63, 3.8) is 0 Å². The zero-order chi connectivity index (χ0) is 8.55. The fraction of sp³-hybridized carbons (Fsp3) is 0. The Bertz CT molecular complexity index is 438. The number of hydrogen-bond donors (Lipinski definition) is 0. The molecule has 0 N–H and O–H groups in total. The van der Waals surface area contributed by atoms with E-state index in [4.69, 9.17) is 0 Å². The summed E-state index contributed by atoms with van der Waals surface area (Å²) in [5.41, 5.74) is 0.535. The molecule has 0 aliphatic rings. The second-order valence-corrected chi connectivity index (χ2v) is 2.37. The molecule has 0 atom stereocenters. The molecule has 0 saturated heterocycles. The predicted molar refractivity (Wildman–Crippen MR) is 39.5 cm³/mol. The first-order valence-corrected chi connectivity index (χ1v) is 3.42. The Hall–Kier alpha value is -1.24. The van der Waals surface area contributed by atoms with E-state index in [-0.39, 0.29) is 24.4 Å². The molecular formula is C8H5LiN2O2. The van der Waals surface area contributed by atoms with E-state index in [2.05, 4.69) is 4.98 Å². The number of carboxylic acid groups (broad SMARTS) is 1. The average Bonchev–Trinajstić information content (AvgIpc) is 2.47. The second kappa shape index (κ2) is 3.65. The fourth-order valence-corrected chi connectivity index (χ4v) is 1.10. The van der Waals surface area contributed by atoms with Crippen LogP contribution >= 0.6 is 0 Å². The van der Waals surface area contributed by atoms with Gasteiger partial charge in [-0.3, -0.25) is 0 Å². The van der Waals surface area contributed by atoms with Crippen molar-refractivity contribution >= 4 is 11.6 Å². The minimum absolute atomic E-state index is 0. The molecule has 0 radical (unpaired) electrons. The molecule has 2 heterocycles. The van der Waals surface area contributed by atoms with E-state index < -0.39 is 5.97 Å². The van der Waals surface area contributed by atoms with Gasteiger partial charge >= 0.3 is 18.9 Å². The number of nitrogens with zero attached hydrogens (tertiary/aromatic N) is 2. The molecule has 60 valence electrons. The van der Waals surface area contributed by atoms with Crippen molar-refractivity contribution in [2.24, 2.45) is 0 Å². The molecule has 13 heavy (non-hydrogen) atoms. The van der Waals surface area contributed by atoms with Crippen LogP contribution in [0.1, 0.15) is 10.4 Å². The van der Waals surface area contributed by atoms with Crippen molar-refractivity contribution in [2.45, 2.75) is 0 Å². The Morgan fingerprint density at radius 3 is 2.92 bits per heavy atom. The summed E-state index contributed by atoms with van der Waals surface area (Å²) in [7, 11) is 0. The van der Waals surface area contributed by atoms with Crippen LogP contribution < -0.4 is 24.0 Å². The van der Waals surface area contributed by atoms with Crippen LogP contribution in [-0.4, -0.2) is 15.4 Å². The van der Waals surface area contributed by atoms with Gasteiger partial charge in [0.05, 0.1) is 5.97 Å². The number of aromatic nitrogens is 2. The van der Waals surface area contributed by atoms with Crippen molar-refractivity contribution in [3.8, 4) is 0 Å². The Morgan fingerprint density at radius 2 is 2.23 bits per heavy atom. The van der Waals surface area contributed by atoms with E-state index in [1.165, 1.54) is 6.07 Å². The van der Waals surface area contributed by atoms with Crippen molar-refractivity contribution < 1.29 is 28.8 Å². The van der Waals surface area contributed by atoms with Crippen LogP contribution in [0.3, 0.4) is 0 Å². The van der Waals surface area contributed by atoms with Crippen molar-refractivity contribution in [3.05, 3.63) is 36.3 Å². The minimum Gasteiger partial charge on any atom is -0.545 e. The van der Waals surface area contributed by atoms with E-state index in [1.54, 1.807) is 29.1 Å². The Balaban J connectivity index is 0.000000845. The first-order chi connectivity index (χ1) is 5.79. The molecule has 0 saturated carbocycles. The quantitative estimate of drug-likeness (QED) is 0.419. The van der Waals surface area contributed by atoms with Gasteiger partial charge in [-0.15, -0.1) is 0 Å². The molecular weight excluding hydrogens is 163 g/mol. The largest absolute Gasteiger partial charge is 1.00 e. The van der Waals surface area contributed by atoms with Crippen LogP contribution in [0.25, 0.3) is 5.65 Å². The van der Waals surface area contributed by atoms with E-state index in [0.717, 1.165) is 0 Å². The Morgan fingerprint density at radius 1 is 1.46 bits per heavy atom. The molecule has 2 aromatic rings. The summed E-state index contributed by atoms with van der Waals surface area (Å²) in [5.74, 6) is -1.20. The number of hydrogen-bond acceptors (Lipinski definition) is 3. The van der Waals surface area contributed by atoms with Gasteiger partial charge in [0.25, 0.3) is 0 Å². The molecule has 4 nitrogen and oxygen atoms in total. The van der Waals surface area contributed by atoms with E-state index >= 15 is 0 Å². The zero-order valence-corrected chi connectivity index (χ0v) is 7.10. The summed E-state index contributed by atoms with van der Waals surface area (Å²) >= 11 is 0. The van der Waals surface area contributed by atoms with Gasteiger partial charge in [-0.05, 0) is 12.1 Å². The third-order valence-electron chi connectivity index (χ3n) is 1.64. The Labute approximate surface area is 86.4 Å². The molecule has 0 fully saturated rings. The third-order valence-corrected chi connectivity index (χ3v) is 1.64. The maximum Gasteiger partial charge on any atom is 1.00 e. The topological polar surface area (TPSA) is 57.4 Å². The van der Waals surface area contributed by atoms with Crippen LogP contribution in [0, 0.1) is 0 Å². The molecule has 0 aliphatic heterocycles. The number of fused-ring (bicyclic) bond motifs is 1. The second-order valence-electron chi connectivity index (χ2n) is 2.37. The summed E-state index contributed by atoms with van der Waals surface area (Å²) in [4.78, 5) is 14.4. The minimum atomic E-state index is -1.20. The maximum atomic E-state index is 10.5. The zero-order valence-electron chi connectivity index (χ0n) is 7.10. The molecule has 0 aromatic carbocycles. The molecule has 2 rings (SSSR count). The van der Waals surface area contributed by atoms with Gasteiger partial charge in [0.15, 0.2) is 0 Å². The van der Waals surface area contributed by atoms with Gasteiger partial charge in [0.2, 0.25) is 0 Å². The van der Waals surface area contributed by atoms with Gasteiger partial charge in [0.1, 0.15) is 5.65 Å². The SMILES string of the molecule is O=C([O-])c1ccn2cccnc12.[Li+].